The van der Waals surface area contributed by atoms with Crippen LogP contribution in [0.25, 0.3) is 10.9 Å². The lowest BCUT2D eigenvalue weighted by atomic mass is 10.1. The van der Waals surface area contributed by atoms with Crippen molar-refractivity contribution in [2.45, 2.75) is 46.6 Å². The largest absolute Gasteiger partial charge is 0.384 e. The summed E-state index contributed by atoms with van der Waals surface area (Å²) < 4.78 is 0. The van der Waals surface area contributed by atoms with Crippen molar-refractivity contribution in [1.82, 2.24) is 10.3 Å². The van der Waals surface area contributed by atoms with E-state index < -0.39 is 0 Å². The van der Waals surface area contributed by atoms with Crippen molar-refractivity contribution in [3.05, 3.63) is 35.5 Å². The number of anilines is 1. The van der Waals surface area contributed by atoms with E-state index in [0.29, 0.717) is 0 Å². The molecule has 1 aromatic carbocycles. The van der Waals surface area contributed by atoms with Crippen molar-refractivity contribution >= 4 is 16.6 Å². The molecule has 0 fully saturated rings. The van der Waals surface area contributed by atoms with Crippen molar-refractivity contribution in [2.75, 3.05) is 18.4 Å². The van der Waals surface area contributed by atoms with Crippen LogP contribution in [0.3, 0.4) is 0 Å². The second-order valence-corrected chi connectivity index (χ2v) is 6.79. The number of nitrogens with one attached hydrogen (secondary N) is 2. The van der Waals surface area contributed by atoms with E-state index in [1.54, 1.807) is 0 Å². The highest BCUT2D eigenvalue weighted by Crippen LogP contribution is 2.26. The molecule has 0 unspecified atom stereocenters. The smallest absolute Gasteiger partial charge is 0.0725 e. The molecule has 0 aliphatic rings. The van der Waals surface area contributed by atoms with Gasteiger partial charge in [0.2, 0.25) is 0 Å². The molecule has 114 valence electrons. The van der Waals surface area contributed by atoms with Crippen LogP contribution in [0.5, 0.6) is 0 Å². The number of fused-ring (bicyclic) bond motifs is 1. The van der Waals surface area contributed by atoms with Gasteiger partial charge in [-0.25, -0.2) is 0 Å². The predicted molar refractivity (Wildman–Crippen MR) is 92.1 cm³/mol. The van der Waals surface area contributed by atoms with Gasteiger partial charge in [-0.1, -0.05) is 12.1 Å². The fourth-order valence-corrected chi connectivity index (χ4v) is 2.40. The van der Waals surface area contributed by atoms with Gasteiger partial charge in [0.05, 0.1) is 5.52 Å². The number of pyridine rings is 1. The van der Waals surface area contributed by atoms with Crippen LogP contribution in [0.2, 0.25) is 0 Å². The van der Waals surface area contributed by atoms with Crippen molar-refractivity contribution in [3.8, 4) is 0 Å². The summed E-state index contributed by atoms with van der Waals surface area (Å²) in [5.41, 5.74) is 4.93. The van der Waals surface area contributed by atoms with Crippen molar-refractivity contribution in [3.63, 3.8) is 0 Å². The second-order valence-electron chi connectivity index (χ2n) is 6.79. The van der Waals surface area contributed by atoms with Crippen LogP contribution in [0, 0.1) is 13.8 Å². The summed E-state index contributed by atoms with van der Waals surface area (Å²) in [6.07, 6.45) is 3.06. The molecule has 2 N–H and O–H groups in total. The summed E-state index contributed by atoms with van der Waals surface area (Å²) in [7, 11) is 0. The lowest BCUT2D eigenvalue weighted by molar-refractivity contribution is 0.425. The van der Waals surface area contributed by atoms with Gasteiger partial charge in [0.15, 0.2) is 0 Å². The van der Waals surface area contributed by atoms with Gasteiger partial charge in [-0.2, -0.15) is 0 Å². The highest BCUT2D eigenvalue weighted by atomic mass is 15.0. The summed E-state index contributed by atoms with van der Waals surface area (Å²) in [5, 5.41) is 8.31. The SMILES string of the molecule is Cc1ccc2c(NCCCNC(C)(C)C)c(C)cnc2c1. The van der Waals surface area contributed by atoms with Crippen LogP contribution in [0.1, 0.15) is 38.3 Å². The minimum absolute atomic E-state index is 0.191. The molecular formula is C18H27N3. The molecule has 3 nitrogen and oxygen atoms in total. The Labute approximate surface area is 128 Å². The fraction of sp³-hybridized carbons (Fsp3) is 0.500. The van der Waals surface area contributed by atoms with Crippen molar-refractivity contribution in [2.24, 2.45) is 0 Å². The zero-order valence-electron chi connectivity index (χ0n) is 13.9. The summed E-state index contributed by atoms with van der Waals surface area (Å²) >= 11 is 0. The number of benzene rings is 1. The van der Waals surface area contributed by atoms with Crippen LogP contribution in [0.4, 0.5) is 5.69 Å². The van der Waals surface area contributed by atoms with Crippen LogP contribution >= 0.6 is 0 Å². The summed E-state index contributed by atoms with van der Waals surface area (Å²) in [5.74, 6) is 0. The van der Waals surface area contributed by atoms with Crippen LogP contribution < -0.4 is 10.6 Å². The molecule has 2 aromatic rings. The summed E-state index contributed by atoms with van der Waals surface area (Å²) in [6.45, 7) is 12.8. The first-order valence-electron chi connectivity index (χ1n) is 7.72. The Morgan fingerprint density at radius 2 is 1.86 bits per heavy atom. The first-order valence-corrected chi connectivity index (χ1v) is 7.72. The van der Waals surface area contributed by atoms with Gasteiger partial charge in [-0.15, -0.1) is 0 Å². The van der Waals surface area contributed by atoms with E-state index in [9.17, 15) is 0 Å². The molecule has 2 rings (SSSR count). The number of nitrogens with zero attached hydrogens (tertiary/aromatic N) is 1. The lowest BCUT2D eigenvalue weighted by Gasteiger charge is -2.20. The normalized spacial score (nSPS) is 11.9. The maximum Gasteiger partial charge on any atom is 0.0725 e. The fourth-order valence-electron chi connectivity index (χ4n) is 2.40. The Bertz CT molecular complexity index is 612. The van der Waals surface area contributed by atoms with Gasteiger partial charge >= 0.3 is 0 Å². The molecule has 0 atom stereocenters. The number of hydrogen-bond donors (Lipinski definition) is 2. The number of hydrogen-bond acceptors (Lipinski definition) is 3. The molecule has 0 saturated heterocycles. The molecule has 1 aromatic heterocycles. The molecule has 0 spiro atoms. The number of rotatable bonds is 5. The maximum atomic E-state index is 4.53. The Morgan fingerprint density at radius 3 is 2.57 bits per heavy atom. The monoisotopic (exact) mass is 285 g/mol. The quantitative estimate of drug-likeness (QED) is 0.814. The lowest BCUT2D eigenvalue weighted by Crippen LogP contribution is -2.36. The van der Waals surface area contributed by atoms with E-state index in [4.69, 9.17) is 0 Å². The van der Waals surface area contributed by atoms with E-state index in [-0.39, 0.29) is 5.54 Å². The highest BCUT2D eigenvalue weighted by Gasteiger charge is 2.08. The van der Waals surface area contributed by atoms with Crippen molar-refractivity contribution in [1.29, 1.82) is 0 Å². The zero-order chi connectivity index (χ0) is 15.5. The third-order valence-electron chi connectivity index (χ3n) is 3.52. The third-order valence-corrected chi connectivity index (χ3v) is 3.52. The molecule has 1 heterocycles. The Balaban J connectivity index is 2.03. The summed E-state index contributed by atoms with van der Waals surface area (Å²) in [6, 6.07) is 6.46. The van der Waals surface area contributed by atoms with E-state index in [1.807, 2.05) is 6.20 Å². The molecule has 0 aliphatic heterocycles. The van der Waals surface area contributed by atoms with Gasteiger partial charge < -0.3 is 10.6 Å². The molecule has 21 heavy (non-hydrogen) atoms. The minimum atomic E-state index is 0.191. The van der Waals surface area contributed by atoms with E-state index in [2.05, 4.69) is 68.4 Å². The molecule has 0 saturated carbocycles. The topological polar surface area (TPSA) is 37.0 Å². The van der Waals surface area contributed by atoms with Gasteiger partial charge in [-0.05, 0) is 64.8 Å². The van der Waals surface area contributed by atoms with E-state index in [1.165, 1.54) is 22.2 Å². The molecule has 3 heteroatoms. The summed E-state index contributed by atoms with van der Waals surface area (Å²) in [4.78, 5) is 4.53. The maximum absolute atomic E-state index is 4.53. The minimum Gasteiger partial charge on any atom is -0.384 e. The number of aromatic nitrogens is 1. The third kappa shape index (κ3) is 4.43. The predicted octanol–water partition coefficient (Wildman–Crippen LogP) is 4.04. The van der Waals surface area contributed by atoms with Crippen LogP contribution in [-0.4, -0.2) is 23.6 Å². The van der Waals surface area contributed by atoms with Crippen molar-refractivity contribution < 1.29 is 0 Å². The molecule has 0 radical (unpaired) electrons. The van der Waals surface area contributed by atoms with Gasteiger partial charge in [0.25, 0.3) is 0 Å². The average molecular weight is 285 g/mol. The van der Waals surface area contributed by atoms with E-state index >= 15 is 0 Å². The molecular weight excluding hydrogens is 258 g/mol. The second kappa shape index (κ2) is 6.44. The first-order chi connectivity index (χ1) is 9.87. The van der Waals surface area contributed by atoms with Crippen LogP contribution in [0.15, 0.2) is 24.4 Å². The number of aryl methyl sites for hydroxylation is 2. The standard InChI is InChI=1S/C18H27N3/c1-13-7-8-15-16(11-13)20-12-14(2)17(15)19-9-6-10-21-18(3,4)5/h7-8,11-12,21H,6,9-10H2,1-5H3,(H,19,20). The van der Waals surface area contributed by atoms with E-state index in [0.717, 1.165) is 25.0 Å². The zero-order valence-corrected chi connectivity index (χ0v) is 13.9. The van der Waals surface area contributed by atoms with Gasteiger partial charge in [0, 0.05) is 29.4 Å². The Morgan fingerprint density at radius 1 is 1.10 bits per heavy atom. The highest BCUT2D eigenvalue weighted by molar-refractivity contribution is 5.93. The molecule has 0 bridgehead atoms. The molecule has 0 amide bonds. The molecule has 0 aliphatic carbocycles. The first kappa shape index (κ1) is 15.8. The van der Waals surface area contributed by atoms with Crippen LogP contribution in [-0.2, 0) is 0 Å². The Hall–Kier alpha value is -1.61. The Kier molecular flexibility index (Phi) is 4.84. The van der Waals surface area contributed by atoms with Gasteiger partial charge in [-0.3, -0.25) is 4.98 Å². The average Bonchev–Trinajstić information content (AvgIpc) is 2.39. The van der Waals surface area contributed by atoms with Gasteiger partial charge in [0.1, 0.15) is 0 Å².